The highest BCUT2D eigenvalue weighted by Crippen LogP contribution is 2.27. The lowest BCUT2D eigenvalue weighted by atomic mass is 10.1. The van der Waals surface area contributed by atoms with E-state index in [1.807, 2.05) is 0 Å². The Kier molecular flexibility index (Phi) is 3.36. The number of hydrogen-bond donors (Lipinski definition) is 0. The molecule has 0 amide bonds. The fourth-order valence-electron chi connectivity index (χ4n) is 0.984. The molecule has 0 unspecified atom stereocenters. The van der Waals surface area contributed by atoms with Crippen LogP contribution in [0.1, 0.15) is 5.56 Å². The number of rotatable bonds is 3. The van der Waals surface area contributed by atoms with E-state index in [9.17, 15) is 14.9 Å². The van der Waals surface area contributed by atoms with Crippen molar-refractivity contribution in [2.45, 2.75) is 0 Å². The van der Waals surface area contributed by atoms with Crippen LogP contribution in [0, 0.1) is 10.1 Å². The number of nitrogens with zero attached hydrogens (tertiary/aromatic N) is 1. The predicted molar refractivity (Wildman–Crippen MR) is 53.0 cm³/mol. The first-order valence-corrected chi connectivity index (χ1v) is 4.09. The number of allylic oxidation sites excluding steroid dienone is 1. The van der Waals surface area contributed by atoms with E-state index >= 15 is 0 Å². The van der Waals surface area contributed by atoms with Gasteiger partial charge in [0.05, 0.1) is 15.5 Å². The first kappa shape index (κ1) is 10.4. The molecule has 1 aromatic carbocycles. The number of nitro benzene ring substituents is 1. The molecule has 1 rings (SSSR count). The van der Waals surface area contributed by atoms with Crippen molar-refractivity contribution in [3.8, 4) is 0 Å². The minimum absolute atomic E-state index is 0.0623. The van der Waals surface area contributed by atoms with Gasteiger partial charge in [0, 0.05) is 6.07 Å². The molecule has 5 heteroatoms. The summed E-state index contributed by atoms with van der Waals surface area (Å²) in [5.74, 6) is 0. The second-order valence-electron chi connectivity index (χ2n) is 2.42. The lowest BCUT2D eigenvalue weighted by Crippen LogP contribution is -1.92. The first-order chi connectivity index (χ1) is 6.66. The summed E-state index contributed by atoms with van der Waals surface area (Å²) in [6, 6.07) is 5.97. The van der Waals surface area contributed by atoms with E-state index in [1.54, 1.807) is 6.07 Å². The zero-order valence-corrected chi connectivity index (χ0v) is 7.77. The summed E-state index contributed by atoms with van der Waals surface area (Å²) in [5.41, 5.74) is 0.127. The van der Waals surface area contributed by atoms with E-state index in [0.717, 1.165) is 6.08 Å². The number of carbonyl (C=O) groups excluding carboxylic acids is 1. The first-order valence-electron chi connectivity index (χ1n) is 3.71. The molecule has 0 radical (unpaired) electrons. The quantitative estimate of drug-likeness (QED) is 0.334. The van der Waals surface area contributed by atoms with Crippen LogP contribution < -0.4 is 0 Å². The number of para-hydroxylation sites is 1. The van der Waals surface area contributed by atoms with Crippen LogP contribution in [0.4, 0.5) is 5.69 Å². The minimum atomic E-state index is -0.545. The van der Waals surface area contributed by atoms with Crippen LogP contribution in [-0.2, 0) is 4.79 Å². The van der Waals surface area contributed by atoms with Gasteiger partial charge < -0.3 is 0 Å². The molecule has 72 valence electrons. The molecule has 0 spiro atoms. The lowest BCUT2D eigenvalue weighted by molar-refractivity contribution is -0.385. The monoisotopic (exact) mass is 211 g/mol. The molecule has 0 aromatic heterocycles. The van der Waals surface area contributed by atoms with Crippen molar-refractivity contribution in [1.82, 2.24) is 0 Å². The van der Waals surface area contributed by atoms with Crippen LogP contribution in [0.3, 0.4) is 0 Å². The molecule has 0 bridgehead atoms. The zero-order valence-electron chi connectivity index (χ0n) is 7.01. The topological polar surface area (TPSA) is 60.2 Å². The number of benzene rings is 1. The Balaban J connectivity index is 3.26. The third kappa shape index (κ3) is 2.17. The van der Waals surface area contributed by atoms with Crippen LogP contribution in [0.25, 0.3) is 5.03 Å². The summed E-state index contributed by atoms with van der Waals surface area (Å²) in [7, 11) is 0. The van der Waals surface area contributed by atoms with Crippen LogP contribution in [0.2, 0.25) is 0 Å². The van der Waals surface area contributed by atoms with Crippen molar-refractivity contribution >= 4 is 28.6 Å². The minimum Gasteiger partial charge on any atom is -0.299 e. The Bertz CT molecular complexity index is 401. The van der Waals surface area contributed by atoms with Gasteiger partial charge in [0.25, 0.3) is 5.69 Å². The molecular formula is C9H6ClNO3. The fraction of sp³-hybridized carbons (Fsp3) is 0. The lowest BCUT2D eigenvalue weighted by Gasteiger charge is -1.99. The highest BCUT2D eigenvalue weighted by molar-refractivity contribution is 6.50. The van der Waals surface area contributed by atoms with Gasteiger partial charge in [-0.1, -0.05) is 23.7 Å². The smallest absolute Gasteiger partial charge is 0.278 e. The maximum absolute atomic E-state index is 10.6. The summed E-state index contributed by atoms with van der Waals surface area (Å²) < 4.78 is 0. The Morgan fingerprint density at radius 1 is 1.43 bits per heavy atom. The van der Waals surface area contributed by atoms with Gasteiger partial charge in [0.15, 0.2) is 0 Å². The third-order valence-corrected chi connectivity index (χ3v) is 1.90. The van der Waals surface area contributed by atoms with Gasteiger partial charge >= 0.3 is 0 Å². The molecule has 1 aromatic rings. The second kappa shape index (κ2) is 4.53. The molecular weight excluding hydrogens is 206 g/mol. The van der Waals surface area contributed by atoms with Gasteiger partial charge in [-0.15, -0.1) is 0 Å². The standard InChI is InChI=1S/C9H6ClNO3/c10-8(5-6-12)7-3-1-2-4-9(7)11(13)14/h1-6H/b8-5-. The van der Waals surface area contributed by atoms with Gasteiger partial charge in [-0.05, 0) is 12.1 Å². The molecule has 0 aliphatic heterocycles. The van der Waals surface area contributed by atoms with Crippen molar-refractivity contribution in [3.63, 3.8) is 0 Å². The Hall–Kier alpha value is -1.68. The fourth-order valence-corrected chi connectivity index (χ4v) is 1.20. The Morgan fingerprint density at radius 2 is 2.07 bits per heavy atom. The van der Waals surface area contributed by atoms with Crippen molar-refractivity contribution in [2.24, 2.45) is 0 Å². The number of halogens is 1. The molecule has 0 atom stereocenters. The summed E-state index contributed by atoms with van der Waals surface area (Å²) in [6.07, 6.45) is 1.56. The molecule has 0 heterocycles. The van der Waals surface area contributed by atoms with Crippen LogP contribution in [-0.4, -0.2) is 11.2 Å². The molecule has 0 fully saturated rings. The number of aldehydes is 1. The van der Waals surface area contributed by atoms with E-state index < -0.39 is 4.92 Å². The van der Waals surface area contributed by atoms with Gasteiger partial charge in [-0.3, -0.25) is 14.9 Å². The zero-order chi connectivity index (χ0) is 10.6. The molecule has 0 saturated carbocycles. The van der Waals surface area contributed by atoms with Gasteiger partial charge in [0.1, 0.15) is 6.29 Å². The average Bonchev–Trinajstić information content (AvgIpc) is 2.18. The summed E-state index contributed by atoms with van der Waals surface area (Å²) in [5, 5.41) is 10.6. The summed E-state index contributed by atoms with van der Waals surface area (Å²) in [4.78, 5) is 20.2. The van der Waals surface area contributed by atoms with Crippen molar-refractivity contribution in [1.29, 1.82) is 0 Å². The van der Waals surface area contributed by atoms with Gasteiger partial charge in [0.2, 0.25) is 0 Å². The van der Waals surface area contributed by atoms with Crippen molar-refractivity contribution < 1.29 is 9.72 Å². The largest absolute Gasteiger partial charge is 0.299 e. The van der Waals surface area contributed by atoms with Crippen LogP contribution >= 0.6 is 11.6 Å². The third-order valence-electron chi connectivity index (χ3n) is 1.57. The second-order valence-corrected chi connectivity index (χ2v) is 2.83. The summed E-state index contributed by atoms with van der Waals surface area (Å²) >= 11 is 5.68. The van der Waals surface area contributed by atoms with Gasteiger partial charge in [-0.25, -0.2) is 0 Å². The van der Waals surface area contributed by atoms with E-state index in [-0.39, 0.29) is 16.3 Å². The highest BCUT2D eigenvalue weighted by Gasteiger charge is 2.14. The van der Waals surface area contributed by atoms with Crippen LogP contribution in [0.5, 0.6) is 0 Å². The number of hydrogen-bond acceptors (Lipinski definition) is 3. The highest BCUT2D eigenvalue weighted by atomic mass is 35.5. The normalized spacial score (nSPS) is 11.1. The Labute approximate surface area is 85.0 Å². The van der Waals surface area contributed by atoms with Crippen LogP contribution in [0.15, 0.2) is 30.3 Å². The van der Waals surface area contributed by atoms with Crippen molar-refractivity contribution in [2.75, 3.05) is 0 Å². The maximum Gasteiger partial charge on any atom is 0.278 e. The maximum atomic E-state index is 10.6. The molecule has 0 N–H and O–H groups in total. The van der Waals surface area contributed by atoms with E-state index in [4.69, 9.17) is 11.6 Å². The van der Waals surface area contributed by atoms with Gasteiger partial charge in [-0.2, -0.15) is 0 Å². The Morgan fingerprint density at radius 3 is 2.64 bits per heavy atom. The molecule has 0 saturated heterocycles. The number of carbonyl (C=O) groups is 1. The molecule has 4 nitrogen and oxygen atoms in total. The van der Waals surface area contributed by atoms with E-state index in [1.165, 1.54) is 18.2 Å². The van der Waals surface area contributed by atoms with E-state index in [0.29, 0.717) is 6.29 Å². The number of nitro groups is 1. The van der Waals surface area contributed by atoms with E-state index in [2.05, 4.69) is 0 Å². The SMILES string of the molecule is O=C/C=C(\Cl)c1ccccc1[N+](=O)[O-]. The predicted octanol–water partition coefficient (Wildman–Crippen LogP) is 2.37. The average molecular weight is 212 g/mol. The van der Waals surface area contributed by atoms with Crippen molar-refractivity contribution in [3.05, 3.63) is 46.0 Å². The molecule has 14 heavy (non-hydrogen) atoms. The summed E-state index contributed by atoms with van der Waals surface area (Å²) in [6.45, 7) is 0. The molecule has 0 aliphatic carbocycles. The molecule has 0 aliphatic rings.